The van der Waals surface area contributed by atoms with Crippen LogP contribution in [0.3, 0.4) is 0 Å². The summed E-state index contributed by atoms with van der Waals surface area (Å²) in [5.41, 5.74) is 4.52. The second kappa shape index (κ2) is 7.29. The molecule has 0 aromatic heterocycles. The van der Waals surface area contributed by atoms with Crippen LogP contribution in [0.25, 0.3) is 6.08 Å². The van der Waals surface area contributed by atoms with E-state index in [0.717, 1.165) is 23.1 Å². The van der Waals surface area contributed by atoms with Gasteiger partial charge in [0.05, 0.1) is 6.21 Å². The Hall–Kier alpha value is -2.35. The molecular formula is C18H19NO. The first kappa shape index (κ1) is 14.1. The van der Waals surface area contributed by atoms with Crippen molar-refractivity contribution >= 4 is 12.3 Å². The first-order chi connectivity index (χ1) is 9.83. The Morgan fingerprint density at radius 1 is 1.15 bits per heavy atom. The molecular weight excluding hydrogens is 246 g/mol. The van der Waals surface area contributed by atoms with Crippen molar-refractivity contribution in [3.63, 3.8) is 0 Å². The normalized spacial score (nSPS) is 10.7. The number of aryl methyl sites for hydroxylation is 1. The van der Waals surface area contributed by atoms with Crippen LogP contribution in [-0.2, 0) is 17.9 Å². The van der Waals surface area contributed by atoms with E-state index in [4.69, 9.17) is 4.84 Å². The summed E-state index contributed by atoms with van der Waals surface area (Å²) in [4.78, 5) is 5.36. The summed E-state index contributed by atoms with van der Waals surface area (Å²) in [5, 5.41) is 4.03. The van der Waals surface area contributed by atoms with E-state index in [2.05, 4.69) is 30.8 Å². The fraction of sp³-hybridized carbons (Fsp3) is 0.167. The van der Waals surface area contributed by atoms with Crippen LogP contribution >= 0.6 is 0 Å². The van der Waals surface area contributed by atoms with Crippen LogP contribution in [0.2, 0.25) is 0 Å². The minimum absolute atomic E-state index is 0.451. The third-order valence-electron chi connectivity index (χ3n) is 3.13. The van der Waals surface area contributed by atoms with Crippen molar-refractivity contribution in [1.29, 1.82) is 0 Å². The van der Waals surface area contributed by atoms with Crippen molar-refractivity contribution < 1.29 is 4.84 Å². The Bertz CT molecular complexity index is 602. The lowest BCUT2D eigenvalue weighted by Crippen LogP contribution is -1.91. The van der Waals surface area contributed by atoms with Crippen molar-refractivity contribution in [3.8, 4) is 0 Å². The molecule has 102 valence electrons. The van der Waals surface area contributed by atoms with E-state index < -0.39 is 0 Å². The second-order valence-electron chi connectivity index (χ2n) is 4.51. The molecule has 0 aliphatic heterocycles. The molecule has 0 atom stereocenters. The standard InChI is InChI=1S/C18H19NO/c1-3-15-8-7-9-16(12-15)13-19-20-14-18-11-6-5-10-17(18)4-2/h4-13H,2-3,14H2,1H3. The van der Waals surface area contributed by atoms with Crippen molar-refractivity contribution in [2.45, 2.75) is 20.0 Å². The highest BCUT2D eigenvalue weighted by molar-refractivity contribution is 5.79. The van der Waals surface area contributed by atoms with Crippen molar-refractivity contribution in [1.82, 2.24) is 0 Å². The van der Waals surface area contributed by atoms with Crippen molar-refractivity contribution in [2.24, 2.45) is 5.16 Å². The molecule has 0 saturated carbocycles. The summed E-state index contributed by atoms with van der Waals surface area (Å²) in [6, 6.07) is 16.3. The van der Waals surface area contributed by atoms with Gasteiger partial charge in [-0.05, 0) is 28.7 Å². The zero-order valence-corrected chi connectivity index (χ0v) is 11.8. The van der Waals surface area contributed by atoms with Gasteiger partial charge in [-0.2, -0.15) is 0 Å². The average Bonchev–Trinajstić information content (AvgIpc) is 2.52. The van der Waals surface area contributed by atoms with Gasteiger partial charge in [-0.1, -0.05) is 73.3 Å². The summed E-state index contributed by atoms with van der Waals surface area (Å²) in [6.07, 6.45) is 4.60. The third kappa shape index (κ3) is 3.82. The van der Waals surface area contributed by atoms with Gasteiger partial charge in [-0.15, -0.1) is 0 Å². The fourth-order valence-electron chi connectivity index (χ4n) is 1.96. The Balaban J connectivity index is 1.95. The number of nitrogens with zero attached hydrogens (tertiary/aromatic N) is 1. The van der Waals surface area contributed by atoms with Gasteiger partial charge in [-0.3, -0.25) is 0 Å². The van der Waals surface area contributed by atoms with Gasteiger partial charge in [0.15, 0.2) is 0 Å². The van der Waals surface area contributed by atoms with E-state index in [0.29, 0.717) is 6.61 Å². The van der Waals surface area contributed by atoms with Crippen LogP contribution in [0.5, 0.6) is 0 Å². The molecule has 0 fully saturated rings. The number of hydrogen-bond donors (Lipinski definition) is 0. The highest BCUT2D eigenvalue weighted by Gasteiger charge is 1.97. The third-order valence-corrected chi connectivity index (χ3v) is 3.13. The molecule has 2 heteroatoms. The summed E-state index contributed by atoms with van der Waals surface area (Å²) in [7, 11) is 0. The van der Waals surface area contributed by atoms with Crippen LogP contribution in [0.15, 0.2) is 60.3 Å². The van der Waals surface area contributed by atoms with Crippen molar-refractivity contribution in [3.05, 3.63) is 77.4 Å². The molecule has 0 aliphatic rings. The number of rotatable bonds is 6. The maximum atomic E-state index is 5.36. The molecule has 0 aliphatic carbocycles. The minimum Gasteiger partial charge on any atom is -0.391 e. The van der Waals surface area contributed by atoms with E-state index in [1.54, 1.807) is 6.21 Å². The van der Waals surface area contributed by atoms with E-state index in [-0.39, 0.29) is 0 Å². The lowest BCUT2D eigenvalue weighted by Gasteiger charge is -2.04. The quantitative estimate of drug-likeness (QED) is 0.559. The van der Waals surface area contributed by atoms with E-state index >= 15 is 0 Å². The lowest BCUT2D eigenvalue weighted by molar-refractivity contribution is 0.132. The van der Waals surface area contributed by atoms with Gasteiger partial charge in [-0.25, -0.2) is 0 Å². The van der Waals surface area contributed by atoms with Gasteiger partial charge in [0, 0.05) is 0 Å². The van der Waals surface area contributed by atoms with Gasteiger partial charge >= 0.3 is 0 Å². The predicted molar refractivity (Wildman–Crippen MR) is 84.7 cm³/mol. The smallest absolute Gasteiger partial charge is 0.142 e. The molecule has 0 spiro atoms. The van der Waals surface area contributed by atoms with Crippen LogP contribution in [0, 0.1) is 0 Å². The molecule has 2 aromatic rings. The van der Waals surface area contributed by atoms with Crippen LogP contribution in [-0.4, -0.2) is 6.21 Å². The first-order valence-electron chi connectivity index (χ1n) is 6.78. The maximum absolute atomic E-state index is 5.36. The lowest BCUT2D eigenvalue weighted by atomic mass is 10.1. The van der Waals surface area contributed by atoms with E-state index in [1.165, 1.54) is 5.56 Å². The Labute approximate surface area is 120 Å². The predicted octanol–water partition coefficient (Wildman–Crippen LogP) is 4.44. The first-order valence-corrected chi connectivity index (χ1v) is 6.78. The van der Waals surface area contributed by atoms with E-state index in [9.17, 15) is 0 Å². The summed E-state index contributed by atoms with van der Waals surface area (Å²) >= 11 is 0. The molecule has 2 rings (SSSR count). The number of oxime groups is 1. The highest BCUT2D eigenvalue weighted by atomic mass is 16.6. The fourth-order valence-corrected chi connectivity index (χ4v) is 1.96. The highest BCUT2D eigenvalue weighted by Crippen LogP contribution is 2.11. The zero-order chi connectivity index (χ0) is 14.2. The molecule has 0 radical (unpaired) electrons. The topological polar surface area (TPSA) is 21.6 Å². The molecule has 0 unspecified atom stereocenters. The van der Waals surface area contributed by atoms with Crippen LogP contribution < -0.4 is 0 Å². The minimum atomic E-state index is 0.451. The van der Waals surface area contributed by atoms with Gasteiger partial charge < -0.3 is 4.84 Å². The van der Waals surface area contributed by atoms with Crippen molar-refractivity contribution in [2.75, 3.05) is 0 Å². The number of benzene rings is 2. The number of hydrogen-bond acceptors (Lipinski definition) is 2. The maximum Gasteiger partial charge on any atom is 0.142 e. The molecule has 0 amide bonds. The second-order valence-corrected chi connectivity index (χ2v) is 4.51. The Kier molecular flexibility index (Phi) is 5.13. The molecule has 0 N–H and O–H groups in total. The van der Waals surface area contributed by atoms with Gasteiger partial charge in [0.2, 0.25) is 0 Å². The molecule has 20 heavy (non-hydrogen) atoms. The SMILES string of the molecule is C=Cc1ccccc1CON=Cc1cccc(CC)c1. The average molecular weight is 265 g/mol. The summed E-state index contributed by atoms with van der Waals surface area (Å²) < 4.78 is 0. The summed E-state index contributed by atoms with van der Waals surface area (Å²) in [6.45, 7) is 6.38. The monoisotopic (exact) mass is 265 g/mol. The van der Waals surface area contributed by atoms with E-state index in [1.807, 2.05) is 42.5 Å². The molecule has 0 saturated heterocycles. The molecule has 2 nitrogen and oxygen atoms in total. The van der Waals surface area contributed by atoms with Gasteiger partial charge in [0.1, 0.15) is 6.61 Å². The Morgan fingerprint density at radius 3 is 2.80 bits per heavy atom. The molecule has 0 heterocycles. The van der Waals surface area contributed by atoms with Gasteiger partial charge in [0.25, 0.3) is 0 Å². The molecule has 0 bridgehead atoms. The van der Waals surface area contributed by atoms with Crippen LogP contribution in [0.1, 0.15) is 29.2 Å². The zero-order valence-electron chi connectivity index (χ0n) is 11.8. The largest absolute Gasteiger partial charge is 0.391 e. The Morgan fingerprint density at radius 2 is 2.00 bits per heavy atom. The van der Waals surface area contributed by atoms with Crippen LogP contribution in [0.4, 0.5) is 0 Å². The summed E-state index contributed by atoms with van der Waals surface area (Å²) in [5.74, 6) is 0. The molecule has 2 aromatic carbocycles.